The number of amides is 1. The number of carbonyl (C=O) groups is 2. The van der Waals surface area contributed by atoms with Crippen LogP contribution in [0.1, 0.15) is 22.8 Å². The minimum atomic E-state index is -4.19. The third-order valence-electron chi connectivity index (χ3n) is 4.81. The number of rotatable bonds is 9. The first-order valence-corrected chi connectivity index (χ1v) is 12.5. The minimum Gasteiger partial charge on any atom is -0.493 e. The molecule has 190 valence electrons. The van der Waals surface area contributed by atoms with Crippen LogP contribution in [-0.2, 0) is 19.6 Å². The quantitative estimate of drug-likeness (QED) is 0.176. The summed E-state index contributed by atoms with van der Waals surface area (Å²) in [6, 6.07) is 18.0. The summed E-state index contributed by atoms with van der Waals surface area (Å²) in [5.41, 5.74) is 0.688. The summed E-state index contributed by atoms with van der Waals surface area (Å²) in [5, 5.41) is 12.0. The third kappa shape index (κ3) is 6.88. The Labute approximate surface area is 219 Å². The van der Waals surface area contributed by atoms with Gasteiger partial charge in [-0.15, -0.1) is 0 Å². The van der Waals surface area contributed by atoms with Gasteiger partial charge in [0.2, 0.25) is 5.75 Å². The molecule has 37 heavy (non-hydrogen) atoms. The molecule has 0 radical (unpaired) electrons. The summed E-state index contributed by atoms with van der Waals surface area (Å²) in [5.74, 6) is -1.47. The highest BCUT2D eigenvalue weighted by molar-refractivity contribution is 7.87. The largest absolute Gasteiger partial charge is 0.493 e. The Morgan fingerprint density at radius 1 is 1.08 bits per heavy atom. The lowest BCUT2D eigenvalue weighted by molar-refractivity contribution is -0.112. The zero-order valence-corrected chi connectivity index (χ0v) is 21.3. The average Bonchev–Trinajstić information content (AvgIpc) is 2.89. The van der Waals surface area contributed by atoms with Crippen molar-refractivity contribution < 1.29 is 31.7 Å². The number of hydrogen-bond acceptors (Lipinski definition) is 8. The number of nitrogens with zero attached hydrogens (tertiary/aromatic N) is 1. The molecule has 0 aliphatic rings. The van der Waals surface area contributed by atoms with Crippen LogP contribution in [-0.4, -0.2) is 34.0 Å². The molecule has 3 aromatic rings. The van der Waals surface area contributed by atoms with Crippen LogP contribution in [0.3, 0.4) is 0 Å². The second-order valence-electron chi connectivity index (χ2n) is 7.31. The van der Waals surface area contributed by atoms with Gasteiger partial charge in [0, 0.05) is 5.69 Å². The Kier molecular flexibility index (Phi) is 8.90. The molecular formula is C26H21ClN2O7S. The number of carbonyl (C=O) groups excluding carboxylic acids is 2. The summed E-state index contributed by atoms with van der Waals surface area (Å²) in [6.45, 7) is 1.93. The molecule has 0 spiro atoms. The molecule has 0 saturated heterocycles. The van der Waals surface area contributed by atoms with Gasteiger partial charge in [0.25, 0.3) is 5.91 Å². The van der Waals surface area contributed by atoms with Gasteiger partial charge in [-0.3, -0.25) is 4.79 Å². The number of benzene rings is 3. The zero-order valence-electron chi connectivity index (χ0n) is 19.7. The Hall–Kier alpha value is -4.33. The smallest absolute Gasteiger partial charge is 0.339 e. The molecule has 0 unspecified atom stereocenters. The van der Waals surface area contributed by atoms with Crippen LogP contribution in [0, 0.1) is 11.3 Å². The van der Waals surface area contributed by atoms with Crippen molar-refractivity contribution in [1.29, 1.82) is 5.26 Å². The summed E-state index contributed by atoms with van der Waals surface area (Å²) >= 11 is 6.29. The van der Waals surface area contributed by atoms with E-state index in [1.54, 1.807) is 25.1 Å². The van der Waals surface area contributed by atoms with Gasteiger partial charge in [0.15, 0.2) is 5.75 Å². The predicted octanol–water partition coefficient (Wildman–Crippen LogP) is 4.84. The van der Waals surface area contributed by atoms with E-state index >= 15 is 0 Å². The van der Waals surface area contributed by atoms with Gasteiger partial charge in [-0.05, 0) is 67.1 Å². The summed E-state index contributed by atoms with van der Waals surface area (Å²) in [4.78, 5) is 24.3. The predicted molar refractivity (Wildman–Crippen MR) is 137 cm³/mol. The molecular weight excluding hydrogens is 520 g/mol. The third-order valence-corrected chi connectivity index (χ3v) is 6.32. The van der Waals surface area contributed by atoms with Gasteiger partial charge in [-0.2, -0.15) is 13.7 Å². The van der Waals surface area contributed by atoms with Crippen LogP contribution in [0.5, 0.6) is 11.5 Å². The molecule has 9 nitrogen and oxygen atoms in total. The molecule has 0 saturated carbocycles. The van der Waals surface area contributed by atoms with E-state index in [4.69, 9.17) is 25.3 Å². The molecule has 0 heterocycles. The van der Waals surface area contributed by atoms with Gasteiger partial charge in [0.05, 0.1) is 24.3 Å². The normalized spacial score (nSPS) is 11.2. The lowest BCUT2D eigenvalue weighted by Crippen LogP contribution is -2.14. The van der Waals surface area contributed by atoms with Crippen LogP contribution in [0.25, 0.3) is 6.08 Å². The molecule has 11 heteroatoms. The van der Waals surface area contributed by atoms with Gasteiger partial charge in [-0.1, -0.05) is 29.8 Å². The van der Waals surface area contributed by atoms with Gasteiger partial charge >= 0.3 is 16.1 Å². The van der Waals surface area contributed by atoms with Gasteiger partial charge in [-0.25, -0.2) is 4.79 Å². The SMILES string of the molecule is CCOC(=O)c1ccc(NC(=O)/C(C#N)=C/c2cc(Cl)c(OS(=O)(=O)c3ccccc3)c(OC)c2)cc1. The lowest BCUT2D eigenvalue weighted by atomic mass is 10.1. The van der Waals surface area contributed by atoms with Crippen molar-refractivity contribution in [1.82, 2.24) is 0 Å². The van der Waals surface area contributed by atoms with Gasteiger partial charge < -0.3 is 19.0 Å². The Morgan fingerprint density at radius 2 is 1.76 bits per heavy atom. The lowest BCUT2D eigenvalue weighted by Gasteiger charge is -2.13. The van der Waals surface area contributed by atoms with Gasteiger partial charge in [0.1, 0.15) is 16.5 Å². The van der Waals surface area contributed by atoms with E-state index < -0.39 is 22.0 Å². The van der Waals surface area contributed by atoms with Crippen molar-refractivity contribution in [3.05, 3.63) is 88.5 Å². The number of halogens is 1. The molecule has 3 rings (SSSR count). The van der Waals surface area contributed by atoms with Crippen molar-refractivity contribution >= 4 is 45.4 Å². The second-order valence-corrected chi connectivity index (χ2v) is 9.26. The Morgan fingerprint density at radius 3 is 2.35 bits per heavy atom. The molecule has 0 fully saturated rings. The van der Waals surface area contributed by atoms with E-state index in [0.717, 1.165) is 0 Å². The van der Waals surface area contributed by atoms with Crippen molar-refractivity contribution in [2.24, 2.45) is 0 Å². The maximum atomic E-state index is 12.7. The Balaban J connectivity index is 1.83. The molecule has 0 aromatic heterocycles. The van der Waals surface area contributed by atoms with Crippen LogP contribution in [0.15, 0.2) is 77.2 Å². The highest BCUT2D eigenvalue weighted by Gasteiger charge is 2.22. The van der Waals surface area contributed by atoms with Crippen molar-refractivity contribution in [2.45, 2.75) is 11.8 Å². The topological polar surface area (TPSA) is 132 Å². The molecule has 0 aliphatic heterocycles. The van der Waals surface area contributed by atoms with E-state index in [9.17, 15) is 23.3 Å². The van der Waals surface area contributed by atoms with Crippen LogP contribution < -0.4 is 14.2 Å². The average molecular weight is 541 g/mol. The first-order valence-electron chi connectivity index (χ1n) is 10.8. The monoisotopic (exact) mass is 540 g/mol. The number of hydrogen-bond donors (Lipinski definition) is 1. The fourth-order valence-electron chi connectivity index (χ4n) is 3.07. The fourth-order valence-corrected chi connectivity index (χ4v) is 4.35. The van der Waals surface area contributed by atoms with Crippen molar-refractivity contribution in [3.63, 3.8) is 0 Å². The summed E-state index contributed by atoms with van der Waals surface area (Å²) in [6.07, 6.45) is 1.26. The first-order chi connectivity index (χ1) is 17.7. The van der Waals surface area contributed by atoms with Crippen LogP contribution in [0.2, 0.25) is 5.02 Å². The number of ether oxygens (including phenoxy) is 2. The number of nitriles is 1. The molecule has 1 amide bonds. The maximum Gasteiger partial charge on any atom is 0.339 e. The summed E-state index contributed by atoms with van der Waals surface area (Å²) < 4.78 is 40.6. The van der Waals surface area contributed by atoms with E-state index in [0.29, 0.717) is 11.3 Å². The van der Waals surface area contributed by atoms with Crippen molar-refractivity contribution in [2.75, 3.05) is 19.0 Å². The van der Waals surface area contributed by atoms with E-state index in [1.807, 2.05) is 6.07 Å². The maximum absolute atomic E-state index is 12.7. The number of methoxy groups -OCH3 is 1. The first kappa shape index (κ1) is 27.3. The number of nitrogens with one attached hydrogen (secondary N) is 1. The van der Waals surface area contributed by atoms with E-state index in [1.165, 1.54) is 61.7 Å². The Bertz CT molecular complexity index is 1480. The van der Waals surface area contributed by atoms with Crippen LogP contribution in [0.4, 0.5) is 5.69 Å². The summed E-state index contributed by atoms with van der Waals surface area (Å²) in [7, 11) is -2.90. The molecule has 1 N–H and O–H groups in total. The second kappa shape index (κ2) is 12.1. The highest BCUT2D eigenvalue weighted by Crippen LogP contribution is 2.38. The minimum absolute atomic E-state index is 0.0227. The molecule has 3 aromatic carbocycles. The zero-order chi connectivity index (χ0) is 27.0. The van der Waals surface area contributed by atoms with Crippen LogP contribution >= 0.6 is 11.6 Å². The number of anilines is 1. The molecule has 0 bridgehead atoms. The molecule has 0 atom stereocenters. The van der Waals surface area contributed by atoms with Crippen molar-refractivity contribution in [3.8, 4) is 17.6 Å². The fraction of sp³-hybridized carbons (Fsp3) is 0.115. The van der Waals surface area contributed by atoms with E-state index in [2.05, 4.69) is 5.32 Å². The molecule has 0 aliphatic carbocycles. The number of esters is 1. The standard InChI is InChI=1S/C26H21ClN2O7S/c1-3-35-26(31)18-9-11-20(12-10-18)29-25(30)19(16-28)13-17-14-22(27)24(23(15-17)34-2)36-37(32,33)21-7-5-4-6-8-21/h4-15H,3H2,1-2H3,(H,29,30)/b19-13+. The van der Waals surface area contributed by atoms with E-state index in [-0.39, 0.29) is 39.2 Å². The highest BCUT2D eigenvalue weighted by atomic mass is 35.5.